The van der Waals surface area contributed by atoms with Gasteiger partial charge in [-0.1, -0.05) is 56.3 Å². The summed E-state index contributed by atoms with van der Waals surface area (Å²) < 4.78 is 19.1. The van der Waals surface area contributed by atoms with Crippen molar-refractivity contribution in [1.29, 1.82) is 0 Å². The third kappa shape index (κ3) is 6.14. The van der Waals surface area contributed by atoms with E-state index in [1.165, 1.54) is 12.1 Å². The Morgan fingerprint density at radius 1 is 1.08 bits per heavy atom. The van der Waals surface area contributed by atoms with Gasteiger partial charge >= 0.3 is 0 Å². The molecule has 1 saturated heterocycles. The fraction of sp³-hybridized carbons (Fsp3) is 0.286. The molecule has 39 heavy (non-hydrogen) atoms. The number of Topliss-reactive ketones (excluding diaryl/α,β-unsaturated/α-hetero) is 1. The molecule has 0 radical (unpaired) electrons. The topological polar surface area (TPSA) is 122 Å². The number of aromatic nitrogens is 2. The molecule has 11 heteroatoms. The zero-order valence-corrected chi connectivity index (χ0v) is 22.6. The number of benzene rings is 2. The molecule has 0 bridgehead atoms. The van der Waals surface area contributed by atoms with Crippen LogP contribution in [0.3, 0.4) is 0 Å². The van der Waals surface area contributed by atoms with E-state index in [1.807, 2.05) is 18.2 Å². The Balaban J connectivity index is 1.45. The largest absolute Gasteiger partial charge is 0.417 e. The van der Waals surface area contributed by atoms with Crippen molar-refractivity contribution in [2.75, 3.05) is 6.54 Å². The van der Waals surface area contributed by atoms with Crippen LogP contribution in [0.15, 0.2) is 63.9 Å². The van der Waals surface area contributed by atoms with E-state index in [1.54, 1.807) is 58.0 Å². The highest BCUT2D eigenvalue weighted by molar-refractivity contribution is 8.18. The quantitative estimate of drug-likeness (QED) is 0.303. The third-order valence-electron chi connectivity index (χ3n) is 6.27. The lowest BCUT2D eigenvalue weighted by atomic mass is 9.84. The molecule has 1 aliphatic rings. The lowest BCUT2D eigenvalue weighted by Gasteiger charge is -2.22. The van der Waals surface area contributed by atoms with Gasteiger partial charge in [0.1, 0.15) is 12.4 Å². The van der Waals surface area contributed by atoms with Crippen LogP contribution >= 0.6 is 11.8 Å². The van der Waals surface area contributed by atoms with E-state index in [0.29, 0.717) is 5.56 Å². The summed E-state index contributed by atoms with van der Waals surface area (Å²) in [5, 5.41) is 9.94. The summed E-state index contributed by atoms with van der Waals surface area (Å²) in [4.78, 5) is 52.4. The van der Waals surface area contributed by atoms with Gasteiger partial charge in [-0.2, -0.15) is 0 Å². The van der Waals surface area contributed by atoms with Gasteiger partial charge in [0.25, 0.3) is 17.0 Å². The Labute approximate surface area is 228 Å². The van der Waals surface area contributed by atoms with Crippen molar-refractivity contribution < 1.29 is 28.0 Å². The van der Waals surface area contributed by atoms with E-state index in [2.05, 4.69) is 15.5 Å². The molecule has 0 aliphatic carbocycles. The van der Waals surface area contributed by atoms with Gasteiger partial charge < -0.3 is 9.73 Å². The maximum absolute atomic E-state index is 13.4. The average Bonchev–Trinajstić information content (AvgIpc) is 3.50. The van der Waals surface area contributed by atoms with Crippen LogP contribution in [0.4, 0.5) is 9.18 Å². The van der Waals surface area contributed by atoms with E-state index in [-0.39, 0.29) is 28.4 Å². The number of imide groups is 1. The Hall–Kier alpha value is -4.12. The zero-order valence-electron chi connectivity index (χ0n) is 21.8. The monoisotopic (exact) mass is 550 g/mol. The first kappa shape index (κ1) is 27.9. The minimum atomic E-state index is -1.04. The smallest absolute Gasteiger partial charge is 0.294 e. The van der Waals surface area contributed by atoms with E-state index in [0.717, 1.165) is 22.2 Å². The molecule has 1 atom stereocenters. The number of hydrogen-bond donors (Lipinski definition) is 1. The fourth-order valence-corrected chi connectivity index (χ4v) is 4.77. The van der Waals surface area contributed by atoms with Crippen molar-refractivity contribution in [2.24, 2.45) is 5.92 Å². The SMILES string of the molecule is CC(C)[C@@H](NC(=O)CN1C(=O)S/C(=C\c2ccccc2)C1=O)C(=O)c1nnc(C(C)(C)c2ccc(F)cc2)o1. The number of carbonyl (C=O) groups is 4. The molecular weight excluding hydrogens is 523 g/mol. The van der Waals surface area contributed by atoms with Gasteiger partial charge in [-0.05, 0) is 60.9 Å². The van der Waals surface area contributed by atoms with Crippen LogP contribution in [0.1, 0.15) is 55.4 Å². The first-order valence-corrected chi connectivity index (χ1v) is 13.0. The molecule has 2 aromatic carbocycles. The van der Waals surface area contributed by atoms with Crippen LogP contribution in [0.25, 0.3) is 6.08 Å². The van der Waals surface area contributed by atoms with Crippen LogP contribution in [-0.4, -0.2) is 50.5 Å². The van der Waals surface area contributed by atoms with Crippen molar-refractivity contribution in [1.82, 2.24) is 20.4 Å². The molecule has 4 rings (SSSR count). The van der Waals surface area contributed by atoms with Crippen LogP contribution in [0, 0.1) is 11.7 Å². The summed E-state index contributed by atoms with van der Waals surface area (Å²) in [6.45, 7) is 6.51. The minimum absolute atomic E-state index is 0.148. The van der Waals surface area contributed by atoms with Gasteiger partial charge in [0.2, 0.25) is 17.6 Å². The number of thioether (sulfide) groups is 1. The van der Waals surface area contributed by atoms with Gasteiger partial charge in [-0.25, -0.2) is 4.39 Å². The molecule has 2 heterocycles. The Bertz CT molecular complexity index is 1430. The second-order valence-corrected chi connectivity index (χ2v) is 10.9. The molecule has 0 unspecified atom stereocenters. The van der Waals surface area contributed by atoms with Gasteiger partial charge in [-0.3, -0.25) is 24.1 Å². The molecule has 1 aromatic heterocycles. The maximum atomic E-state index is 13.4. The molecule has 1 N–H and O–H groups in total. The summed E-state index contributed by atoms with van der Waals surface area (Å²) in [5.41, 5.74) is 0.646. The maximum Gasteiger partial charge on any atom is 0.294 e. The molecule has 1 fully saturated rings. The molecule has 202 valence electrons. The van der Waals surface area contributed by atoms with Crippen molar-refractivity contribution in [3.63, 3.8) is 0 Å². The summed E-state index contributed by atoms with van der Waals surface area (Å²) >= 11 is 0.748. The summed E-state index contributed by atoms with van der Waals surface area (Å²) in [6, 6.07) is 13.8. The number of nitrogens with one attached hydrogen (secondary N) is 1. The van der Waals surface area contributed by atoms with Gasteiger partial charge in [0.15, 0.2) is 0 Å². The van der Waals surface area contributed by atoms with Crippen molar-refractivity contribution in [2.45, 2.75) is 39.2 Å². The zero-order chi connectivity index (χ0) is 28.3. The van der Waals surface area contributed by atoms with Crippen LogP contribution in [0.2, 0.25) is 0 Å². The standard InChI is InChI=1S/C28H27FN4O5S/c1-16(2)22(23(35)24-31-32-26(38-24)28(3,4)18-10-12-19(29)13-11-18)30-21(34)15-33-25(36)20(39-27(33)37)14-17-8-6-5-7-9-17/h5-14,16,22H,15H2,1-4H3,(H,30,34)/b20-14-/t22-/m1/s1. The van der Waals surface area contributed by atoms with E-state index < -0.39 is 40.8 Å². The molecule has 3 amide bonds. The number of carbonyl (C=O) groups excluding carboxylic acids is 4. The predicted molar refractivity (Wildman–Crippen MR) is 143 cm³/mol. The predicted octanol–water partition coefficient (Wildman–Crippen LogP) is 4.59. The molecule has 3 aromatic rings. The lowest BCUT2D eigenvalue weighted by molar-refractivity contribution is -0.129. The van der Waals surface area contributed by atoms with Gasteiger partial charge in [0.05, 0.1) is 16.4 Å². The molecular formula is C28H27FN4O5S. The van der Waals surface area contributed by atoms with Gasteiger partial charge in [-0.15, -0.1) is 10.2 Å². The Kier molecular flexibility index (Phi) is 8.10. The highest BCUT2D eigenvalue weighted by atomic mass is 32.2. The van der Waals surface area contributed by atoms with Crippen molar-refractivity contribution in [3.8, 4) is 0 Å². The number of nitrogens with zero attached hydrogens (tertiary/aromatic N) is 3. The first-order valence-electron chi connectivity index (χ1n) is 12.2. The Morgan fingerprint density at radius 3 is 2.38 bits per heavy atom. The average molecular weight is 551 g/mol. The number of halogens is 1. The summed E-state index contributed by atoms with van der Waals surface area (Å²) in [6.07, 6.45) is 1.59. The lowest BCUT2D eigenvalue weighted by Crippen LogP contribution is -2.48. The van der Waals surface area contributed by atoms with E-state index in [9.17, 15) is 23.6 Å². The van der Waals surface area contributed by atoms with Crippen LogP contribution in [0.5, 0.6) is 0 Å². The first-order chi connectivity index (χ1) is 18.5. The summed E-state index contributed by atoms with van der Waals surface area (Å²) in [5.74, 6) is -2.77. The highest BCUT2D eigenvalue weighted by Crippen LogP contribution is 2.32. The van der Waals surface area contributed by atoms with Crippen LogP contribution in [-0.2, 0) is 15.0 Å². The number of rotatable bonds is 9. The highest BCUT2D eigenvalue weighted by Gasteiger charge is 2.38. The van der Waals surface area contributed by atoms with E-state index >= 15 is 0 Å². The van der Waals surface area contributed by atoms with E-state index in [4.69, 9.17) is 4.42 Å². The number of hydrogen-bond acceptors (Lipinski definition) is 8. The number of amides is 3. The molecule has 0 saturated carbocycles. The molecule has 9 nitrogen and oxygen atoms in total. The van der Waals surface area contributed by atoms with Crippen LogP contribution < -0.4 is 5.32 Å². The second kappa shape index (κ2) is 11.3. The second-order valence-electron chi connectivity index (χ2n) is 9.88. The minimum Gasteiger partial charge on any atom is -0.417 e. The number of ketones is 1. The normalized spacial score (nSPS) is 15.7. The van der Waals surface area contributed by atoms with Crippen molar-refractivity contribution >= 4 is 40.7 Å². The molecule has 0 spiro atoms. The fourth-order valence-electron chi connectivity index (χ4n) is 3.93. The third-order valence-corrected chi connectivity index (χ3v) is 7.18. The Morgan fingerprint density at radius 2 is 1.74 bits per heavy atom. The summed E-state index contributed by atoms with van der Waals surface area (Å²) in [7, 11) is 0. The molecule has 1 aliphatic heterocycles. The van der Waals surface area contributed by atoms with Gasteiger partial charge in [0, 0.05) is 0 Å². The van der Waals surface area contributed by atoms with Crippen molar-refractivity contribution in [3.05, 3.63) is 88.2 Å².